The summed E-state index contributed by atoms with van der Waals surface area (Å²) in [6, 6.07) is 9.17. The standard InChI is InChI=1S/C15H7Cl2F3N2/c16-12-3-1-9(2-4-12)10(7-21)5-14-13(17)6-11(8-22-14)15(18,19)20/h1-6,8H/b10-5+. The van der Waals surface area contributed by atoms with Gasteiger partial charge in [-0.2, -0.15) is 18.4 Å². The van der Waals surface area contributed by atoms with Crippen LogP contribution in [-0.2, 0) is 6.18 Å². The van der Waals surface area contributed by atoms with Crippen molar-refractivity contribution in [3.63, 3.8) is 0 Å². The van der Waals surface area contributed by atoms with Crippen LogP contribution >= 0.6 is 23.2 Å². The molecule has 0 unspecified atom stereocenters. The first-order valence-corrected chi connectivity index (χ1v) is 6.67. The molecule has 1 aromatic carbocycles. The lowest BCUT2D eigenvalue weighted by atomic mass is 10.1. The number of rotatable bonds is 2. The molecule has 0 saturated carbocycles. The van der Waals surface area contributed by atoms with Gasteiger partial charge in [-0.1, -0.05) is 35.3 Å². The Kier molecular flexibility index (Phi) is 4.74. The van der Waals surface area contributed by atoms with Crippen LogP contribution in [0.25, 0.3) is 11.6 Å². The fourth-order valence-electron chi connectivity index (χ4n) is 1.66. The minimum Gasteiger partial charge on any atom is -0.255 e. The fourth-order valence-corrected chi connectivity index (χ4v) is 2.00. The van der Waals surface area contributed by atoms with Gasteiger partial charge in [0.05, 0.1) is 27.9 Å². The molecule has 0 amide bonds. The highest BCUT2D eigenvalue weighted by molar-refractivity contribution is 6.32. The Morgan fingerprint density at radius 3 is 2.32 bits per heavy atom. The number of hydrogen-bond donors (Lipinski definition) is 0. The number of pyridine rings is 1. The smallest absolute Gasteiger partial charge is 0.255 e. The molecule has 112 valence electrons. The van der Waals surface area contributed by atoms with Crippen molar-refractivity contribution in [1.29, 1.82) is 5.26 Å². The summed E-state index contributed by atoms with van der Waals surface area (Å²) in [5.74, 6) is 0. The van der Waals surface area contributed by atoms with E-state index < -0.39 is 11.7 Å². The third-order valence-corrected chi connectivity index (χ3v) is 3.31. The largest absolute Gasteiger partial charge is 0.417 e. The van der Waals surface area contributed by atoms with E-state index >= 15 is 0 Å². The Morgan fingerprint density at radius 1 is 1.18 bits per heavy atom. The Bertz CT molecular complexity index is 760. The second-order valence-corrected chi connectivity index (χ2v) is 5.11. The summed E-state index contributed by atoms with van der Waals surface area (Å²) >= 11 is 11.6. The molecule has 0 aliphatic rings. The van der Waals surface area contributed by atoms with E-state index in [2.05, 4.69) is 4.98 Å². The Balaban J connectivity index is 2.43. The van der Waals surface area contributed by atoms with Crippen molar-refractivity contribution < 1.29 is 13.2 Å². The number of halogens is 5. The number of allylic oxidation sites excluding steroid dienone is 1. The zero-order chi connectivity index (χ0) is 16.3. The second-order valence-electron chi connectivity index (χ2n) is 4.27. The molecule has 2 nitrogen and oxygen atoms in total. The lowest BCUT2D eigenvalue weighted by Crippen LogP contribution is -2.05. The Hall–Kier alpha value is -2.03. The second kappa shape index (κ2) is 6.39. The van der Waals surface area contributed by atoms with Gasteiger partial charge in [-0.15, -0.1) is 0 Å². The average molecular weight is 343 g/mol. The fraction of sp³-hybridized carbons (Fsp3) is 0.0667. The molecule has 0 bridgehead atoms. The van der Waals surface area contributed by atoms with Crippen LogP contribution in [0, 0.1) is 11.3 Å². The molecule has 1 heterocycles. The predicted octanol–water partition coefficient (Wildman–Crippen LogP) is 5.47. The van der Waals surface area contributed by atoms with Crippen LogP contribution < -0.4 is 0 Å². The van der Waals surface area contributed by atoms with E-state index in [-0.39, 0.29) is 16.3 Å². The van der Waals surface area contributed by atoms with E-state index in [1.165, 1.54) is 6.08 Å². The lowest BCUT2D eigenvalue weighted by Gasteiger charge is -2.07. The minimum absolute atomic E-state index is 0.0844. The normalized spacial score (nSPS) is 12.1. The molecule has 0 spiro atoms. The van der Waals surface area contributed by atoms with Crippen molar-refractivity contribution in [2.45, 2.75) is 6.18 Å². The van der Waals surface area contributed by atoms with E-state index in [1.54, 1.807) is 24.3 Å². The highest BCUT2D eigenvalue weighted by atomic mass is 35.5. The van der Waals surface area contributed by atoms with Gasteiger partial charge in [0.15, 0.2) is 0 Å². The molecule has 7 heteroatoms. The summed E-state index contributed by atoms with van der Waals surface area (Å²) in [5.41, 5.74) is -0.0868. The number of aromatic nitrogens is 1. The van der Waals surface area contributed by atoms with Gasteiger partial charge in [0.2, 0.25) is 0 Å². The maximum absolute atomic E-state index is 12.6. The maximum Gasteiger partial charge on any atom is 0.417 e. The van der Waals surface area contributed by atoms with Crippen molar-refractivity contribution in [2.75, 3.05) is 0 Å². The zero-order valence-electron chi connectivity index (χ0n) is 10.8. The van der Waals surface area contributed by atoms with Gasteiger partial charge in [-0.25, -0.2) is 0 Å². The van der Waals surface area contributed by atoms with E-state index in [4.69, 9.17) is 23.2 Å². The van der Waals surface area contributed by atoms with Gasteiger partial charge >= 0.3 is 6.18 Å². The van der Waals surface area contributed by atoms with Crippen molar-refractivity contribution in [1.82, 2.24) is 4.98 Å². The van der Waals surface area contributed by atoms with Crippen molar-refractivity contribution >= 4 is 34.9 Å². The number of benzene rings is 1. The minimum atomic E-state index is -4.52. The Labute approximate surface area is 134 Å². The molecule has 22 heavy (non-hydrogen) atoms. The summed E-state index contributed by atoms with van der Waals surface area (Å²) in [6.07, 6.45) is -2.52. The van der Waals surface area contributed by atoms with E-state index in [9.17, 15) is 18.4 Å². The van der Waals surface area contributed by atoms with Gasteiger partial charge in [0.25, 0.3) is 0 Å². The van der Waals surface area contributed by atoms with Crippen LogP contribution in [0.3, 0.4) is 0 Å². The molecule has 0 aliphatic carbocycles. The molecule has 0 aliphatic heterocycles. The molecular weight excluding hydrogens is 336 g/mol. The molecule has 0 saturated heterocycles. The van der Waals surface area contributed by atoms with Crippen LogP contribution in [0.2, 0.25) is 10.0 Å². The first-order chi connectivity index (χ1) is 10.3. The molecule has 1 aromatic heterocycles. The van der Waals surface area contributed by atoms with Gasteiger partial charge in [-0.05, 0) is 29.8 Å². The maximum atomic E-state index is 12.6. The molecule has 2 aromatic rings. The predicted molar refractivity (Wildman–Crippen MR) is 79.2 cm³/mol. The third kappa shape index (κ3) is 3.79. The number of nitrogens with zero attached hydrogens (tertiary/aromatic N) is 2. The Morgan fingerprint density at radius 2 is 1.82 bits per heavy atom. The van der Waals surface area contributed by atoms with Crippen molar-refractivity contribution in [3.8, 4) is 6.07 Å². The van der Waals surface area contributed by atoms with Gasteiger partial charge in [0, 0.05) is 11.2 Å². The van der Waals surface area contributed by atoms with Crippen LogP contribution in [-0.4, -0.2) is 4.98 Å². The van der Waals surface area contributed by atoms with Crippen molar-refractivity contribution in [3.05, 3.63) is 63.4 Å². The van der Waals surface area contributed by atoms with Crippen LogP contribution in [0.4, 0.5) is 13.2 Å². The monoisotopic (exact) mass is 342 g/mol. The summed E-state index contributed by atoms with van der Waals surface area (Å²) in [6.45, 7) is 0. The van der Waals surface area contributed by atoms with Crippen LogP contribution in [0.15, 0.2) is 36.5 Å². The van der Waals surface area contributed by atoms with Gasteiger partial charge < -0.3 is 0 Å². The average Bonchev–Trinajstić information content (AvgIpc) is 2.46. The van der Waals surface area contributed by atoms with Gasteiger partial charge in [0.1, 0.15) is 0 Å². The highest BCUT2D eigenvalue weighted by Crippen LogP contribution is 2.32. The summed E-state index contributed by atoms with van der Waals surface area (Å²) < 4.78 is 37.7. The first-order valence-electron chi connectivity index (χ1n) is 5.92. The van der Waals surface area contributed by atoms with E-state index in [0.717, 1.165) is 6.07 Å². The molecular formula is C15H7Cl2F3N2. The topological polar surface area (TPSA) is 36.7 Å². The van der Waals surface area contributed by atoms with Gasteiger partial charge in [-0.3, -0.25) is 4.98 Å². The number of nitriles is 1. The highest BCUT2D eigenvalue weighted by Gasteiger charge is 2.31. The van der Waals surface area contributed by atoms with E-state index in [0.29, 0.717) is 16.8 Å². The lowest BCUT2D eigenvalue weighted by molar-refractivity contribution is -0.137. The quantitative estimate of drug-likeness (QED) is 0.678. The molecule has 0 radical (unpaired) electrons. The van der Waals surface area contributed by atoms with Crippen molar-refractivity contribution in [2.24, 2.45) is 0 Å². The molecule has 0 N–H and O–H groups in total. The zero-order valence-corrected chi connectivity index (χ0v) is 12.3. The van der Waals surface area contributed by atoms with Crippen LogP contribution in [0.1, 0.15) is 16.8 Å². The summed E-state index contributed by atoms with van der Waals surface area (Å²) in [4.78, 5) is 3.67. The SMILES string of the molecule is N#C/C(=C\c1ncc(C(F)(F)F)cc1Cl)c1ccc(Cl)cc1. The molecule has 0 atom stereocenters. The third-order valence-electron chi connectivity index (χ3n) is 2.75. The summed E-state index contributed by atoms with van der Waals surface area (Å²) in [5, 5.41) is 9.51. The summed E-state index contributed by atoms with van der Waals surface area (Å²) in [7, 11) is 0. The number of hydrogen-bond acceptors (Lipinski definition) is 2. The molecule has 2 rings (SSSR count). The first kappa shape index (κ1) is 16.3. The van der Waals surface area contributed by atoms with Crippen LogP contribution in [0.5, 0.6) is 0 Å². The number of alkyl halides is 3. The molecule has 0 fully saturated rings. The van der Waals surface area contributed by atoms with E-state index in [1.807, 2.05) is 6.07 Å².